The molecular formula is C74H71N21O17S5. The first-order valence-corrected chi connectivity index (χ1v) is 42.1. The number of ether oxygens (including phenoxy) is 1. The van der Waals surface area contributed by atoms with Crippen molar-refractivity contribution in [3.05, 3.63) is 230 Å². The van der Waals surface area contributed by atoms with Crippen molar-refractivity contribution < 1.29 is 74.0 Å². The number of methoxy groups -OCH3 is 1. The molecule has 9 aromatic heterocycles. The zero-order chi connectivity index (χ0) is 84.0. The quantitative estimate of drug-likeness (QED) is 0.0390. The lowest BCUT2D eigenvalue weighted by Crippen LogP contribution is -2.11. The smallest absolute Gasteiger partial charge is 0.280 e. The summed E-state index contributed by atoms with van der Waals surface area (Å²) in [5, 5.41) is 56.1. The molecule has 0 saturated heterocycles. The molecule has 0 bridgehead atoms. The summed E-state index contributed by atoms with van der Waals surface area (Å²) < 4.78 is 149. The van der Waals surface area contributed by atoms with Gasteiger partial charge in [0.1, 0.15) is 11.6 Å². The van der Waals surface area contributed by atoms with Gasteiger partial charge in [0.05, 0.1) is 55.5 Å². The maximum Gasteiger partial charge on any atom is 0.280 e. The molecule has 0 fully saturated rings. The van der Waals surface area contributed by atoms with E-state index in [4.69, 9.17) is 63.3 Å². The van der Waals surface area contributed by atoms with Gasteiger partial charge in [-0.05, 0) is 182 Å². The van der Waals surface area contributed by atoms with Crippen molar-refractivity contribution in [3.8, 4) is 109 Å². The van der Waals surface area contributed by atoms with E-state index in [1.54, 1.807) is 103 Å². The number of aromatic nitrogens is 15. The van der Waals surface area contributed by atoms with Gasteiger partial charge in [0.25, 0.3) is 23.6 Å². The Hall–Kier alpha value is -13.2. The average Bonchev–Trinajstić information content (AvgIpc) is 1.69. The summed E-state index contributed by atoms with van der Waals surface area (Å²) in [5.41, 5.74) is 13.5. The first kappa shape index (κ1) is 84.7. The molecule has 0 saturated carbocycles. The van der Waals surface area contributed by atoms with Crippen molar-refractivity contribution >= 4 is 55.9 Å². The van der Waals surface area contributed by atoms with Crippen molar-refractivity contribution in [2.75, 3.05) is 12.8 Å². The minimum atomic E-state index is -3.73. The minimum absolute atomic E-state index is 0.0156. The van der Waals surface area contributed by atoms with Gasteiger partial charge in [0, 0.05) is 69.9 Å². The molecule has 9 heterocycles. The Morgan fingerprint density at radius 1 is 0.350 bits per heavy atom. The first-order chi connectivity index (χ1) is 55.5. The number of benzene rings is 6. The predicted molar refractivity (Wildman–Crippen MR) is 421 cm³/mol. The van der Waals surface area contributed by atoms with Crippen LogP contribution in [0.5, 0.6) is 5.88 Å². The Morgan fingerprint density at radius 2 is 0.709 bits per heavy atom. The van der Waals surface area contributed by atoms with E-state index in [-0.39, 0.29) is 36.3 Å². The summed E-state index contributed by atoms with van der Waals surface area (Å²) in [6.45, 7) is 10.6. The van der Waals surface area contributed by atoms with Crippen molar-refractivity contribution in [2.45, 2.75) is 77.9 Å². The Morgan fingerprint density at radius 3 is 1.09 bits per heavy atom. The Kier molecular flexibility index (Phi) is 26.4. The number of anilines is 1. The highest BCUT2D eigenvalue weighted by molar-refractivity contribution is 7.90. The van der Waals surface area contributed by atoms with Crippen LogP contribution in [0, 0.1) is 11.8 Å². The number of primary sulfonamides is 5. The van der Waals surface area contributed by atoms with Gasteiger partial charge in [0.15, 0.2) is 5.69 Å². The normalized spacial score (nSPS) is 11.9. The monoisotopic (exact) mass is 1690 g/mol. The van der Waals surface area contributed by atoms with Crippen LogP contribution in [-0.2, 0) is 63.0 Å². The van der Waals surface area contributed by atoms with Crippen LogP contribution < -0.4 is 36.2 Å². The maximum absolute atomic E-state index is 11.3. The van der Waals surface area contributed by atoms with Crippen molar-refractivity contribution in [2.24, 2.45) is 37.5 Å². The third-order valence-electron chi connectivity index (χ3n) is 16.3. The summed E-state index contributed by atoms with van der Waals surface area (Å²) in [7, 11) is -17.1. The van der Waals surface area contributed by atoms with E-state index < -0.39 is 50.1 Å². The van der Waals surface area contributed by atoms with Gasteiger partial charge in [-0.2, -0.15) is 35.1 Å². The van der Waals surface area contributed by atoms with Gasteiger partial charge >= 0.3 is 0 Å². The second-order valence-corrected chi connectivity index (χ2v) is 33.8. The van der Waals surface area contributed by atoms with E-state index in [1.165, 1.54) is 91.9 Å². The highest BCUT2D eigenvalue weighted by Crippen LogP contribution is 2.31. The summed E-state index contributed by atoms with van der Waals surface area (Å²) in [6, 6.07) is 48.2. The lowest BCUT2D eigenvalue weighted by Gasteiger charge is -2.09. The lowest BCUT2D eigenvalue weighted by atomic mass is 9.97. The van der Waals surface area contributed by atoms with Crippen LogP contribution in [0.4, 0.5) is 5.82 Å². The molecule has 6 aromatic carbocycles. The van der Waals surface area contributed by atoms with Gasteiger partial charge in [-0.3, -0.25) is 0 Å². The predicted octanol–water partition coefficient (Wildman–Crippen LogP) is 9.30. The van der Waals surface area contributed by atoms with Gasteiger partial charge in [0.2, 0.25) is 91.0 Å². The van der Waals surface area contributed by atoms with Crippen LogP contribution in [-0.4, -0.2) is 125 Å². The molecular weight excluding hydrogens is 1620 g/mol. The lowest BCUT2D eigenvalue weighted by molar-refractivity contribution is 0.366. The fourth-order valence-electron chi connectivity index (χ4n) is 10.4. The molecule has 0 spiro atoms. The van der Waals surface area contributed by atoms with Crippen molar-refractivity contribution in [3.63, 3.8) is 0 Å². The van der Waals surface area contributed by atoms with Gasteiger partial charge in [-0.1, -0.05) is 82.9 Å². The number of rotatable bonds is 21. The molecule has 0 radical (unpaired) electrons. The minimum Gasteiger partial charge on any atom is -0.481 e. The van der Waals surface area contributed by atoms with Crippen molar-refractivity contribution in [1.29, 1.82) is 0 Å². The molecule has 38 nitrogen and oxygen atoms in total. The fourth-order valence-corrected chi connectivity index (χ4v) is 13.0. The topological polar surface area (TPSA) is 608 Å². The SMILES string of the molecule is CC(C)Cc1cc(-c2nc(-c3ccc(S(N)(=O)=O)cc3)no2)no1.CC(C)Cc1ccc(C(C)c2nc(-c3ccc(S(N)(=O)=O)cc3)no2)cc1.COc1cc(-c2nc(-c3ccc(S(N)(=O)=O)cc3)no2)ccn1.NS(=O)(=O)c1ccc(-c2noc(-c3ccnnc3)n2)cc1.Nc1cc(-c2nc(-c3ccc(S(N)(=O)=O)cc3)no2)ccn1. The van der Waals surface area contributed by atoms with Crippen LogP contribution in [0.15, 0.2) is 258 Å². The molecule has 604 valence electrons. The summed E-state index contributed by atoms with van der Waals surface area (Å²) in [4.78, 5) is 29.5. The fraction of sp³-hybridized carbons (Fsp3) is 0.149. The number of hydrogen-bond donors (Lipinski definition) is 6. The molecule has 0 aliphatic carbocycles. The molecule has 12 N–H and O–H groups in total. The Balaban J connectivity index is 0.000000144. The van der Waals surface area contributed by atoms with Gasteiger partial charge in [-0.15, -0.1) is 0 Å². The van der Waals surface area contributed by atoms with E-state index in [2.05, 4.69) is 128 Å². The molecule has 117 heavy (non-hydrogen) atoms. The van der Waals surface area contributed by atoms with Crippen molar-refractivity contribution in [1.82, 2.24) is 76.0 Å². The standard InChI is InChI=1S/C20H23N3O3S.C15H16N4O4S.C14H12N4O4S.C13H11N5O3S.C12H9N5O3S/c1-13(2)12-15-4-6-16(7-5-15)14(3)20-22-19(23-26-20)17-8-10-18(11-9-17)27(21,24)25;1-9(2)7-11-8-13(18-22-11)15-17-14(19-23-15)10-3-5-12(6-4-10)24(16,20)21;1-21-12-8-10(6-7-16-12)14-17-13(18-22-14)9-2-4-11(5-3-9)23(15,19)20;14-11-7-9(5-6-16-11)13-17-12(18-21-13)8-1-3-10(4-2-8)22(15,19)20;13-21(18,19)10-3-1-8(2-4-10)11-16-12(20-17-11)9-5-6-14-15-7-9/h4-11,13-14H,12H2,1-3H3,(H2,21,24,25);3-6,8-9H,7H2,1-2H3,(H2,16,20,21);2-8H,1H3,(H2,15,19,20);1-7H,(H2,14,16)(H2,15,19,20);1-7H,(H2,13,18,19). The number of nitrogen functional groups attached to an aromatic ring is 1. The van der Waals surface area contributed by atoms with Crippen LogP contribution in [0.2, 0.25) is 0 Å². The Labute approximate surface area is 668 Å². The van der Waals surface area contributed by atoms with E-state index in [0.717, 1.165) is 24.2 Å². The van der Waals surface area contributed by atoms with Gasteiger partial charge < -0.3 is 37.6 Å². The van der Waals surface area contributed by atoms with Gasteiger partial charge in [-0.25, -0.2) is 77.8 Å². The van der Waals surface area contributed by atoms with Crippen LogP contribution in [0.1, 0.15) is 63.3 Å². The highest BCUT2D eigenvalue weighted by atomic mass is 32.2. The molecule has 0 aliphatic heterocycles. The summed E-state index contributed by atoms with van der Waals surface area (Å²) in [6.07, 6.45) is 7.94. The number of nitrogens with zero attached hydrogens (tertiary/aromatic N) is 15. The highest BCUT2D eigenvalue weighted by Gasteiger charge is 2.22. The largest absolute Gasteiger partial charge is 0.481 e. The molecule has 43 heteroatoms. The third kappa shape index (κ3) is 23.0. The zero-order valence-corrected chi connectivity index (χ0v) is 66.5. The number of hydrogen-bond acceptors (Lipinski definition) is 33. The number of pyridine rings is 2. The van der Waals surface area contributed by atoms with E-state index in [9.17, 15) is 42.1 Å². The number of nitrogens with two attached hydrogens (primary N) is 6. The van der Waals surface area contributed by atoms with E-state index in [1.807, 2.05) is 6.92 Å². The maximum atomic E-state index is 11.3. The summed E-state index contributed by atoms with van der Waals surface area (Å²) >= 11 is 0. The molecule has 15 rings (SSSR count). The van der Waals surface area contributed by atoms with Crippen LogP contribution >= 0.6 is 0 Å². The Bertz CT molecular complexity index is 6500. The summed E-state index contributed by atoms with van der Waals surface area (Å²) in [5.74, 6) is 5.91. The number of sulfonamides is 5. The molecule has 1 atom stereocenters. The van der Waals surface area contributed by atoms with Crippen LogP contribution in [0.3, 0.4) is 0 Å². The average molecular weight is 1690 g/mol. The molecule has 0 amide bonds. The zero-order valence-electron chi connectivity index (χ0n) is 62.4. The second kappa shape index (κ2) is 36.5. The third-order valence-corrected chi connectivity index (χ3v) is 20.9. The molecule has 1 unspecified atom stereocenters. The second-order valence-electron chi connectivity index (χ2n) is 26.0. The van der Waals surface area contributed by atoms with E-state index >= 15 is 0 Å². The molecule has 15 aromatic rings. The van der Waals surface area contributed by atoms with Crippen LogP contribution in [0.25, 0.3) is 103 Å². The molecule has 0 aliphatic rings. The van der Waals surface area contributed by atoms with E-state index in [0.29, 0.717) is 126 Å². The first-order valence-electron chi connectivity index (χ1n) is 34.4.